The topological polar surface area (TPSA) is 59.4 Å². The SMILES string of the molecule is CCc1ccc(CCOc2ccc(C(CC)C(Br)C(=O)O)cc2)nc1. The zero-order valence-electron chi connectivity index (χ0n) is 14.6. The van der Waals surface area contributed by atoms with Crippen molar-refractivity contribution >= 4 is 21.9 Å². The van der Waals surface area contributed by atoms with Gasteiger partial charge in [-0.3, -0.25) is 9.78 Å². The average molecular weight is 406 g/mol. The Balaban J connectivity index is 1.90. The van der Waals surface area contributed by atoms with E-state index in [1.807, 2.05) is 43.5 Å². The quantitative estimate of drug-likeness (QED) is 0.618. The number of rotatable bonds is 9. The molecule has 0 aliphatic carbocycles. The van der Waals surface area contributed by atoms with Crippen LogP contribution in [-0.2, 0) is 17.6 Å². The molecule has 0 aliphatic heterocycles. The van der Waals surface area contributed by atoms with Crippen molar-refractivity contribution in [3.8, 4) is 5.75 Å². The summed E-state index contributed by atoms with van der Waals surface area (Å²) in [6.07, 6.45) is 4.41. The van der Waals surface area contributed by atoms with Crippen LogP contribution in [0.25, 0.3) is 0 Å². The summed E-state index contributed by atoms with van der Waals surface area (Å²) in [5.74, 6) is -0.119. The van der Waals surface area contributed by atoms with E-state index in [-0.39, 0.29) is 5.92 Å². The van der Waals surface area contributed by atoms with Crippen LogP contribution in [0, 0.1) is 0 Å². The van der Waals surface area contributed by atoms with Gasteiger partial charge in [0, 0.05) is 24.2 Å². The van der Waals surface area contributed by atoms with Gasteiger partial charge in [0.15, 0.2) is 0 Å². The summed E-state index contributed by atoms with van der Waals surface area (Å²) in [6, 6.07) is 11.8. The summed E-state index contributed by atoms with van der Waals surface area (Å²) in [4.78, 5) is 15.0. The van der Waals surface area contributed by atoms with Crippen LogP contribution in [0.15, 0.2) is 42.6 Å². The third-order valence-corrected chi connectivity index (χ3v) is 5.29. The Bertz CT molecular complexity index is 670. The second-order valence-electron chi connectivity index (χ2n) is 5.93. The summed E-state index contributed by atoms with van der Waals surface area (Å²) in [5.41, 5.74) is 3.25. The Morgan fingerprint density at radius 1 is 1.20 bits per heavy atom. The van der Waals surface area contributed by atoms with Crippen molar-refractivity contribution in [3.05, 3.63) is 59.4 Å². The van der Waals surface area contributed by atoms with Gasteiger partial charge in [-0.15, -0.1) is 0 Å². The van der Waals surface area contributed by atoms with Crippen molar-refractivity contribution in [3.63, 3.8) is 0 Å². The number of halogens is 1. The smallest absolute Gasteiger partial charge is 0.317 e. The Hall–Kier alpha value is -1.88. The van der Waals surface area contributed by atoms with Gasteiger partial charge in [0.2, 0.25) is 0 Å². The molecule has 0 saturated heterocycles. The Morgan fingerprint density at radius 2 is 1.92 bits per heavy atom. The molecule has 1 aromatic carbocycles. The second kappa shape index (κ2) is 9.56. The second-order valence-corrected chi connectivity index (χ2v) is 6.92. The first-order valence-corrected chi connectivity index (χ1v) is 9.50. The van der Waals surface area contributed by atoms with E-state index in [2.05, 4.69) is 33.9 Å². The summed E-state index contributed by atoms with van der Waals surface area (Å²) in [6.45, 7) is 4.66. The molecule has 1 aromatic heterocycles. The number of alkyl halides is 1. The van der Waals surface area contributed by atoms with E-state index in [0.717, 1.165) is 36.3 Å². The van der Waals surface area contributed by atoms with E-state index in [4.69, 9.17) is 4.74 Å². The highest BCUT2D eigenvalue weighted by molar-refractivity contribution is 9.10. The lowest BCUT2D eigenvalue weighted by Crippen LogP contribution is -2.21. The highest BCUT2D eigenvalue weighted by Gasteiger charge is 2.25. The van der Waals surface area contributed by atoms with E-state index in [9.17, 15) is 9.90 Å². The molecular formula is C20H24BrNO3. The molecule has 0 radical (unpaired) electrons. The monoisotopic (exact) mass is 405 g/mol. The van der Waals surface area contributed by atoms with Crippen LogP contribution in [0.2, 0.25) is 0 Å². The molecular weight excluding hydrogens is 382 g/mol. The number of hydrogen-bond donors (Lipinski definition) is 1. The number of aliphatic carboxylic acids is 1. The number of aromatic nitrogens is 1. The maximum Gasteiger partial charge on any atom is 0.317 e. The normalized spacial score (nSPS) is 13.2. The van der Waals surface area contributed by atoms with Crippen molar-refractivity contribution < 1.29 is 14.6 Å². The predicted octanol–water partition coefficient (Wildman–Crippen LogP) is 4.61. The standard InChI is InChI=1S/C20H24BrNO3/c1-3-14-5-8-16(22-13-14)11-12-25-17-9-6-15(7-10-17)18(4-2)19(21)20(23)24/h5-10,13,18-19H,3-4,11-12H2,1-2H3,(H,23,24). The molecule has 0 bridgehead atoms. The molecule has 2 rings (SSSR count). The molecule has 1 heterocycles. The highest BCUT2D eigenvalue weighted by atomic mass is 79.9. The number of carbonyl (C=O) groups is 1. The number of benzene rings is 1. The lowest BCUT2D eigenvalue weighted by Gasteiger charge is -2.18. The minimum atomic E-state index is -0.839. The van der Waals surface area contributed by atoms with E-state index in [0.29, 0.717) is 6.61 Å². The molecule has 5 heteroatoms. The zero-order chi connectivity index (χ0) is 18.2. The maximum absolute atomic E-state index is 11.2. The minimum Gasteiger partial charge on any atom is -0.493 e. The lowest BCUT2D eigenvalue weighted by atomic mass is 9.93. The number of pyridine rings is 1. The van der Waals surface area contributed by atoms with Crippen LogP contribution in [0.4, 0.5) is 0 Å². The van der Waals surface area contributed by atoms with Crippen molar-refractivity contribution in [2.45, 2.75) is 43.9 Å². The number of ether oxygens (including phenoxy) is 1. The molecule has 2 aromatic rings. The number of hydrogen-bond acceptors (Lipinski definition) is 3. The van der Waals surface area contributed by atoms with Gasteiger partial charge in [0.25, 0.3) is 0 Å². The van der Waals surface area contributed by atoms with Crippen LogP contribution in [0.3, 0.4) is 0 Å². The van der Waals surface area contributed by atoms with Crippen LogP contribution < -0.4 is 4.74 Å². The fraction of sp³-hybridized carbons (Fsp3) is 0.400. The van der Waals surface area contributed by atoms with Gasteiger partial charge in [0.1, 0.15) is 10.6 Å². The van der Waals surface area contributed by atoms with E-state index < -0.39 is 10.8 Å². The number of carboxylic acid groups (broad SMARTS) is 1. The van der Waals surface area contributed by atoms with Gasteiger partial charge >= 0.3 is 5.97 Å². The number of carboxylic acids is 1. The first-order valence-electron chi connectivity index (χ1n) is 8.58. The molecule has 25 heavy (non-hydrogen) atoms. The molecule has 2 unspecified atom stereocenters. The summed E-state index contributed by atoms with van der Waals surface area (Å²) >= 11 is 3.26. The van der Waals surface area contributed by atoms with Crippen molar-refractivity contribution in [2.24, 2.45) is 0 Å². The molecule has 0 saturated carbocycles. The van der Waals surface area contributed by atoms with Gasteiger partial charge in [-0.1, -0.05) is 48.0 Å². The van der Waals surface area contributed by atoms with Gasteiger partial charge in [-0.25, -0.2) is 0 Å². The van der Waals surface area contributed by atoms with Crippen molar-refractivity contribution in [1.82, 2.24) is 4.98 Å². The average Bonchev–Trinajstić information content (AvgIpc) is 2.64. The van der Waals surface area contributed by atoms with Gasteiger partial charge in [-0.2, -0.15) is 0 Å². The highest BCUT2D eigenvalue weighted by Crippen LogP contribution is 2.29. The van der Waals surface area contributed by atoms with E-state index in [1.165, 1.54) is 5.56 Å². The van der Waals surface area contributed by atoms with Crippen molar-refractivity contribution in [2.75, 3.05) is 6.61 Å². The third kappa shape index (κ3) is 5.56. The minimum absolute atomic E-state index is 0.0622. The van der Waals surface area contributed by atoms with Crippen LogP contribution >= 0.6 is 15.9 Å². The third-order valence-electron chi connectivity index (χ3n) is 4.26. The number of nitrogens with zero attached hydrogens (tertiary/aromatic N) is 1. The molecule has 1 N–H and O–H groups in total. The molecule has 134 valence electrons. The fourth-order valence-corrected chi connectivity index (χ4v) is 3.36. The summed E-state index contributed by atoms with van der Waals surface area (Å²) in [5, 5.41) is 9.18. The Kier molecular flexibility index (Phi) is 7.44. The fourth-order valence-electron chi connectivity index (χ4n) is 2.68. The summed E-state index contributed by atoms with van der Waals surface area (Å²) in [7, 11) is 0. The molecule has 0 amide bonds. The van der Waals surface area contributed by atoms with Gasteiger partial charge in [-0.05, 0) is 42.2 Å². The van der Waals surface area contributed by atoms with Gasteiger partial charge in [0.05, 0.1) is 6.61 Å². The molecule has 2 atom stereocenters. The van der Waals surface area contributed by atoms with Crippen LogP contribution in [0.5, 0.6) is 5.75 Å². The van der Waals surface area contributed by atoms with Crippen LogP contribution in [-0.4, -0.2) is 27.5 Å². The first-order chi connectivity index (χ1) is 12.0. The molecule has 0 fully saturated rings. The molecule has 0 spiro atoms. The largest absolute Gasteiger partial charge is 0.493 e. The van der Waals surface area contributed by atoms with E-state index >= 15 is 0 Å². The van der Waals surface area contributed by atoms with Crippen molar-refractivity contribution in [1.29, 1.82) is 0 Å². The zero-order valence-corrected chi connectivity index (χ0v) is 16.2. The predicted molar refractivity (Wildman–Crippen MR) is 103 cm³/mol. The first kappa shape index (κ1) is 19.4. The summed E-state index contributed by atoms with van der Waals surface area (Å²) < 4.78 is 5.77. The van der Waals surface area contributed by atoms with Gasteiger partial charge < -0.3 is 9.84 Å². The maximum atomic E-state index is 11.2. The van der Waals surface area contributed by atoms with Crippen LogP contribution in [0.1, 0.15) is 43.0 Å². The number of aryl methyl sites for hydroxylation is 1. The Morgan fingerprint density at radius 3 is 2.44 bits per heavy atom. The molecule has 4 nitrogen and oxygen atoms in total. The van der Waals surface area contributed by atoms with E-state index in [1.54, 1.807) is 0 Å². The Labute approximate surface area is 157 Å². The molecule has 0 aliphatic rings. The lowest BCUT2D eigenvalue weighted by molar-refractivity contribution is -0.136.